The summed E-state index contributed by atoms with van der Waals surface area (Å²) < 4.78 is 32.7. The van der Waals surface area contributed by atoms with Crippen LogP contribution in [0.15, 0.2) is 5.11 Å². The van der Waals surface area contributed by atoms with E-state index in [0.717, 1.165) is 0 Å². The van der Waals surface area contributed by atoms with Gasteiger partial charge in [-0.2, -0.15) is 5.48 Å². The Balaban J connectivity index is 4.54. The van der Waals surface area contributed by atoms with Crippen molar-refractivity contribution in [2.45, 2.75) is 106 Å². The van der Waals surface area contributed by atoms with E-state index in [4.69, 9.17) is 38.8 Å². The highest BCUT2D eigenvalue weighted by molar-refractivity contribution is 5.76. The Labute approximate surface area is 322 Å². The molecule has 0 aromatic carbocycles. The average molecular weight is 776 g/mol. The molecule has 0 aromatic heterocycles. The molecule has 0 rings (SSSR count). The van der Waals surface area contributed by atoms with E-state index in [1.54, 1.807) is 51.3 Å². The average Bonchev–Trinajstić information content (AvgIpc) is 3.05. The molecule has 0 fully saturated rings. The lowest BCUT2D eigenvalue weighted by Crippen LogP contribution is -2.40. The van der Waals surface area contributed by atoms with E-state index in [2.05, 4.69) is 20.8 Å². The first-order chi connectivity index (χ1) is 25.4. The van der Waals surface area contributed by atoms with Crippen LogP contribution in [0.1, 0.15) is 94.4 Å². The molecular weight excluding hydrogens is 706 g/mol. The van der Waals surface area contributed by atoms with E-state index in [1.807, 2.05) is 20.8 Å². The number of carbonyl (C=O) groups is 4. The van der Waals surface area contributed by atoms with Crippen LogP contribution >= 0.6 is 0 Å². The van der Waals surface area contributed by atoms with Crippen LogP contribution in [0.25, 0.3) is 10.4 Å². The summed E-state index contributed by atoms with van der Waals surface area (Å²) in [7, 11) is 0. The number of nitrogens with one attached hydrogen (secondary N) is 2. The van der Waals surface area contributed by atoms with Crippen molar-refractivity contribution in [1.29, 1.82) is 0 Å². The maximum atomic E-state index is 13.0. The first-order valence-electron chi connectivity index (χ1n) is 18.8. The van der Waals surface area contributed by atoms with Gasteiger partial charge < -0.3 is 48.4 Å². The summed E-state index contributed by atoms with van der Waals surface area (Å²) in [6.07, 6.45) is 1.60. The zero-order valence-corrected chi connectivity index (χ0v) is 34.4. The van der Waals surface area contributed by atoms with Crippen molar-refractivity contribution in [3.63, 3.8) is 0 Å². The van der Waals surface area contributed by atoms with Gasteiger partial charge in [-0.1, -0.05) is 5.11 Å². The van der Waals surface area contributed by atoms with E-state index in [9.17, 15) is 19.2 Å². The van der Waals surface area contributed by atoms with E-state index in [0.29, 0.717) is 118 Å². The Bertz CT molecular complexity index is 1100. The minimum absolute atomic E-state index is 0.153. The van der Waals surface area contributed by atoms with Crippen LogP contribution in [0.2, 0.25) is 0 Å². The van der Waals surface area contributed by atoms with Crippen LogP contribution in [-0.2, 0) is 42.8 Å². The molecule has 0 radical (unpaired) electrons. The van der Waals surface area contributed by atoms with Gasteiger partial charge in [-0.15, -0.1) is 0 Å². The molecule has 0 saturated carbocycles. The fourth-order valence-corrected chi connectivity index (χ4v) is 4.12. The van der Waals surface area contributed by atoms with Crippen LogP contribution in [0, 0.1) is 5.41 Å². The second kappa shape index (κ2) is 29.0. The SMILES string of the molecule is CC(C)(C)OC(=O)N(CCCCN(CCCNC(=O)CCOCCOCCOCCOCCN=[N+]=[N-])C(=O)OC(C)(C)C)CCCNOC(=O)C(C)(C)C. The molecule has 54 heavy (non-hydrogen) atoms. The van der Waals surface area contributed by atoms with Crippen LogP contribution < -0.4 is 10.8 Å². The topological polar surface area (TPSA) is 212 Å². The molecule has 0 aliphatic carbocycles. The number of azide groups is 1. The standard InChI is InChI=1S/C36H69N7O11/c1-34(2,3)31(45)54-40-16-13-21-43(33(47)53-36(7,8)9)19-11-10-18-42(32(46)52-35(4,5)6)20-12-15-38-30(44)14-22-48-24-26-50-28-29-51-27-25-49-23-17-39-41-37/h40H,10-29H2,1-9H3,(H,38,44). The minimum Gasteiger partial charge on any atom is -0.444 e. The van der Waals surface area contributed by atoms with Crippen molar-refractivity contribution in [2.75, 3.05) is 98.7 Å². The van der Waals surface area contributed by atoms with Crippen LogP contribution in [0.5, 0.6) is 0 Å². The number of amides is 3. The molecule has 18 nitrogen and oxygen atoms in total. The van der Waals surface area contributed by atoms with Gasteiger partial charge in [0, 0.05) is 57.1 Å². The van der Waals surface area contributed by atoms with Gasteiger partial charge in [0.25, 0.3) is 0 Å². The van der Waals surface area contributed by atoms with Gasteiger partial charge in [0.2, 0.25) is 5.91 Å². The van der Waals surface area contributed by atoms with Crippen molar-refractivity contribution in [3.05, 3.63) is 10.4 Å². The Morgan fingerprint density at radius 2 is 1.04 bits per heavy atom. The Morgan fingerprint density at radius 1 is 0.611 bits per heavy atom. The number of ether oxygens (including phenoxy) is 6. The highest BCUT2D eigenvalue weighted by atomic mass is 16.7. The van der Waals surface area contributed by atoms with Crippen molar-refractivity contribution >= 4 is 24.1 Å². The zero-order chi connectivity index (χ0) is 40.9. The summed E-state index contributed by atoms with van der Waals surface area (Å²) in [6, 6.07) is 0. The summed E-state index contributed by atoms with van der Waals surface area (Å²) in [4.78, 5) is 61.2. The van der Waals surface area contributed by atoms with Gasteiger partial charge in [-0.25, -0.2) is 14.4 Å². The first kappa shape index (κ1) is 50.6. The van der Waals surface area contributed by atoms with Crippen molar-refractivity contribution in [2.24, 2.45) is 10.5 Å². The number of rotatable bonds is 29. The van der Waals surface area contributed by atoms with Gasteiger partial charge in [0.15, 0.2) is 0 Å². The van der Waals surface area contributed by atoms with E-state index < -0.39 is 28.8 Å². The molecule has 2 N–H and O–H groups in total. The molecule has 0 aliphatic heterocycles. The second-order valence-corrected chi connectivity index (χ2v) is 15.4. The largest absolute Gasteiger partial charge is 0.444 e. The highest BCUT2D eigenvalue weighted by Crippen LogP contribution is 2.15. The van der Waals surface area contributed by atoms with E-state index in [-0.39, 0.29) is 24.9 Å². The maximum absolute atomic E-state index is 13.0. The number of nitrogens with zero attached hydrogens (tertiary/aromatic N) is 5. The predicted molar refractivity (Wildman–Crippen MR) is 203 cm³/mol. The van der Waals surface area contributed by atoms with Crippen LogP contribution in [0.4, 0.5) is 9.59 Å². The molecule has 0 saturated heterocycles. The fraction of sp³-hybridized carbons (Fsp3) is 0.889. The molecule has 0 atom stereocenters. The number of hydrogen-bond donors (Lipinski definition) is 2. The molecule has 0 bridgehead atoms. The summed E-state index contributed by atoms with van der Waals surface area (Å²) in [6.45, 7) is 21.8. The molecule has 314 valence electrons. The lowest BCUT2D eigenvalue weighted by molar-refractivity contribution is -0.160. The van der Waals surface area contributed by atoms with Gasteiger partial charge >= 0.3 is 18.2 Å². The van der Waals surface area contributed by atoms with Crippen LogP contribution in [0.3, 0.4) is 0 Å². The molecule has 0 heterocycles. The lowest BCUT2D eigenvalue weighted by atomic mass is 9.98. The second-order valence-electron chi connectivity index (χ2n) is 15.4. The zero-order valence-electron chi connectivity index (χ0n) is 34.4. The summed E-state index contributed by atoms with van der Waals surface area (Å²) >= 11 is 0. The molecular formula is C36H69N7O11. The van der Waals surface area contributed by atoms with Crippen molar-refractivity contribution < 1.29 is 52.4 Å². The monoisotopic (exact) mass is 776 g/mol. The van der Waals surface area contributed by atoms with Crippen molar-refractivity contribution in [3.8, 4) is 0 Å². The molecule has 0 spiro atoms. The number of unbranched alkanes of at least 4 members (excludes halogenated alkanes) is 1. The van der Waals surface area contributed by atoms with Crippen molar-refractivity contribution in [1.82, 2.24) is 20.6 Å². The molecule has 0 unspecified atom stereocenters. The summed E-state index contributed by atoms with van der Waals surface area (Å²) in [5.41, 5.74) is 8.90. The quantitative estimate of drug-likeness (QED) is 0.0257. The molecule has 3 amide bonds. The smallest absolute Gasteiger partial charge is 0.410 e. The number of hydroxylamine groups is 1. The minimum atomic E-state index is -0.670. The third-order valence-corrected chi connectivity index (χ3v) is 6.81. The number of carbonyl (C=O) groups excluding carboxylic acids is 4. The van der Waals surface area contributed by atoms with Gasteiger partial charge in [0.1, 0.15) is 11.2 Å². The molecule has 18 heteroatoms. The third-order valence-electron chi connectivity index (χ3n) is 6.81. The Morgan fingerprint density at radius 3 is 1.48 bits per heavy atom. The molecule has 0 aromatic rings. The summed E-state index contributed by atoms with van der Waals surface area (Å²) in [5, 5.41) is 6.23. The molecule has 0 aliphatic rings. The Kier molecular flexibility index (Phi) is 27.1. The predicted octanol–water partition coefficient (Wildman–Crippen LogP) is 5.00. The fourth-order valence-electron chi connectivity index (χ4n) is 4.12. The first-order valence-corrected chi connectivity index (χ1v) is 18.8. The Hall–Kier alpha value is -3.41. The summed E-state index contributed by atoms with van der Waals surface area (Å²) in [5.74, 6) is -0.522. The van der Waals surface area contributed by atoms with Gasteiger partial charge in [-0.05, 0) is 93.5 Å². The third kappa shape index (κ3) is 31.0. The normalized spacial score (nSPS) is 11.7. The van der Waals surface area contributed by atoms with E-state index >= 15 is 0 Å². The van der Waals surface area contributed by atoms with Gasteiger partial charge in [0.05, 0.1) is 58.3 Å². The van der Waals surface area contributed by atoms with Crippen LogP contribution in [-0.4, -0.2) is 144 Å². The lowest BCUT2D eigenvalue weighted by Gasteiger charge is -2.29. The highest BCUT2D eigenvalue weighted by Gasteiger charge is 2.25. The maximum Gasteiger partial charge on any atom is 0.410 e. The van der Waals surface area contributed by atoms with Gasteiger partial charge in [-0.3, -0.25) is 4.79 Å². The number of hydrogen-bond acceptors (Lipinski definition) is 13. The van der Waals surface area contributed by atoms with E-state index in [1.165, 1.54) is 0 Å².